The molecule has 1 aliphatic rings. The summed E-state index contributed by atoms with van der Waals surface area (Å²) in [6.07, 6.45) is 0. The molecule has 1 amide bonds. The maximum absolute atomic E-state index is 12.4. The molecule has 0 unspecified atom stereocenters. The first-order valence-electron chi connectivity index (χ1n) is 8.79. The molecule has 5 heteroatoms. The van der Waals surface area contributed by atoms with Crippen LogP contribution in [0.4, 0.5) is 0 Å². The molecule has 3 aromatic rings. The zero-order valence-corrected chi connectivity index (χ0v) is 14.4. The lowest BCUT2D eigenvalue weighted by molar-refractivity contribution is -0.135. The molecule has 0 spiro atoms. The van der Waals surface area contributed by atoms with E-state index >= 15 is 0 Å². The van der Waals surface area contributed by atoms with E-state index in [2.05, 4.69) is 11.8 Å². The van der Waals surface area contributed by atoms with Gasteiger partial charge in [-0.15, -0.1) is 0 Å². The first-order valence-corrected chi connectivity index (χ1v) is 8.79. The SMILES string of the molecule is CCN1CCN(C(=O)COc2ccc3oc4ccccc4c3c2)CC1. The first kappa shape index (κ1) is 16.0. The summed E-state index contributed by atoms with van der Waals surface area (Å²) in [5.41, 5.74) is 1.69. The molecule has 130 valence electrons. The van der Waals surface area contributed by atoms with Gasteiger partial charge in [-0.2, -0.15) is 0 Å². The van der Waals surface area contributed by atoms with Gasteiger partial charge in [0.05, 0.1) is 0 Å². The van der Waals surface area contributed by atoms with Gasteiger partial charge in [-0.25, -0.2) is 0 Å². The number of hydrogen-bond donors (Lipinski definition) is 0. The van der Waals surface area contributed by atoms with Crippen molar-refractivity contribution in [2.45, 2.75) is 6.92 Å². The second kappa shape index (κ2) is 6.76. The highest BCUT2D eigenvalue weighted by atomic mass is 16.5. The Labute approximate surface area is 146 Å². The smallest absolute Gasteiger partial charge is 0.260 e. The number of amides is 1. The molecule has 0 radical (unpaired) electrons. The topological polar surface area (TPSA) is 45.9 Å². The largest absolute Gasteiger partial charge is 0.484 e. The molecule has 1 aliphatic heterocycles. The van der Waals surface area contributed by atoms with Gasteiger partial charge in [0.25, 0.3) is 5.91 Å². The quantitative estimate of drug-likeness (QED) is 0.733. The van der Waals surface area contributed by atoms with Crippen LogP contribution in [0.3, 0.4) is 0 Å². The van der Waals surface area contributed by atoms with Crippen molar-refractivity contribution in [3.8, 4) is 5.75 Å². The molecule has 25 heavy (non-hydrogen) atoms. The highest BCUT2D eigenvalue weighted by molar-refractivity contribution is 6.05. The van der Waals surface area contributed by atoms with E-state index in [1.807, 2.05) is 47.4 Å². The van der Waals surface area contributed by atoms with Gasteiger partial charge in [-0.05, 0) is 30.8 Å². The van der Waals surface area contributed by atoms with E-state index in [1.54, 1.807) is 0 Å². The number of para-hydroxylation sites is 1. The fourth-order valence-electron chi connectivity index (χ4n) is 3.34. The maximum atomic E-state index is 12.4. The van der Waals surface area contributed by atoms with Gasteiger partial charge in [0.2, 0.25) is 0 Å². The molecule has 1 saturated heterocycles. The van der Waals surface area contributed by atoms with Gasteiger partial charge in [-0.1, -0.05) is 25.1 Å². The predicted octanol–water partition coefficient (Wildman–Crippen LogP) is 3.13. The van der Waals surface area contributed by atoms with Gasteiger partial charge in [0.15, 0.2) is 6.61 Å². The number of fused-ring (bicyclic) bond motifs is 3. The van der Waals surface area contributed by atoms with Crippen molar-refractivity contribution in [2.75, 3.05) is 39.3 Å². The fraction of sp³-hybridized carbons (Fsp3) is 0.350. The Hall–Kier alpha value is -2.53. The summed E-state index contributed by atoms with van der Waals surface area (Å²) < 4.78 is 11.6. The van der Waals surface area contributed by atoms with Crippen LogP contribution < -0.4 is 4.74 Å². The third-order valence-electron chi connectivity index (χ3n) is 4.88. The van der Waals surface area contributed by atoms with E-state index in [0.717, 1.165) is 54.7 Å². The third-order valence-corrected chi connectivity index (χ3v) is 4.88. The van der Waals surface area contributed by atoms with Gasteiger partial charge >= 0.3 is 0 Å². The summed E-state index contributed by atoms with van der Waals surface area (Å²) in [5, 5.41) is 2.07. The van der Waals surface area contributed by atoms with Crippen molar-refractivity contribution in [1.82, 2.24) is 9.80 Å². The number of piperazine rings is 1. The van der Waals surface area contributed by atoms with Crippen molar-refractivity contribution in [1.29, 1.82) is 0 Å². The highest BCUT2D eigenvalue weighted by Gasteiger charge is 2.20. The van der Waals surface area contributed by atoms with Crippen molar-refractivity contribution >= 4 is 27.8 Å². The summed E-state index contributed by atoms with van der Waals surface area (Å²) in [6, 6.07) is 13.6. The summed E-state index contributed by atoms with van der Waals surface area (Å²) in [7, 11) is 0. The number of carbonyl (C=O) groups excluding carboxylic acids is 1. The molecule has 0 atom stereocenters. The van der Waals surface area contributed by atoms with Crippen molar-refractivity contribution in [3.05, 3.63) is 42.5 Å². The van der Waals surface area contributed by atoms with E-state index < -0.39 is 0 Å². The molecular weight excluding hydrogens is 316 g/mol. The molecule has 4 rings (SSSR count). The van der Waals surface area contributed by atoms with Crippen LogP contribution in [0.5, 0.6) is 5.75 Å². The number of carbonyl (C=O) groups is 1. The summed E-state index contributed by atoms with van der Waals surface area (Å²) in [5.74, 6) is 0.743. The molecule has 5 nitrogen and oxygen atoms in total. The maximum Gasteiger partial charge on any atom is 0.260 e. The molecule has 0 aliphatic carbocycles. The van der Waals surface area contributed by atoms with E-state index in [1.165, 1.54) is 0 Å². The van der Waals surface area contributed by atoms with Crippen molar-refractivity contribution in [2.24, 2.45) is 0 Å². The molecular formula is C20H22N2O3. The average molecular weight is 338 g/mol. The van der Waals surface area contributed by atoms with Crippen LogP contribution in [0, 0.1) is 0 Å². The van der Waals surface area contributed by atoms with Crippen LogP contribution in [0.25, 0.3) is 21.9 Å². The van der Waals surface area contributed by atoms with Crippen LogP contribution in [-0.2, 0) is 4.79 Å². The molecule has 0 bridgehead atoms. The van der Waals surface area contributed by atoms with Crippen molar-refractivity contribution in [3.63, 3.8) is 0 Å². The Balaban J connectivity index is 1.44. The van der Waals surface area contributed by atoms with E-state index in [9.17, 15) is 4.79 Å². The minimum Gasteiger partial charge on any atom is -0.484 e. The Morgan fingerprint density at radius 2 is 1.80 bits per heavy atom. The monoisotopic (exact) mass is 338 g/mol. The zero-order valence-electron chi connectivity index (χ0n) is 14.4. The van der Waals surface area contributed by atoms with Crippen LogP contribution in [0.1, 0.15) is 6.92 Å². The summed E-state index contributed by atoms with van der Waals surface area (Å²) >= 11 is 0. The van der Waals surface area contributed by atoms with E-state index in [4.69, 9.17) is 9.15 Å². The number of ether oxygens (including phenoxy) is 1. The standard InChI is InChI=1S/C20H22N2O3/c1-2-21-9-11-22(12-10-21)20(23)14-24-15-7-8-19-17(13-15)16-5-3-4-6-18(16)25-19/h3-8,13H,2,9-12,14H2,1H3. The molecule has 0 N–H and O–H groups in total. The Morgan fingerprint density at radius 3 is 2.60 bits per heavy atom. The minimum absolute atomic E-state index is 0.0490. The Kier molecular flexibility index (Phi) is 4.32. The van der Waals surface area contributed by atoms with Gasteiger partial charge in [-0.3, -0.25) is 4.79 Å². The number of furan rings is 1. The summed E-state index contributed by atoms with van der Waals surface area (Å²) in [6.45, 7) is 6.70. The second-order valence-corrected chi connectivity index (χ2v) is 6.36. The Bertz CT molecular complexity index is 894. The van der Waals surface area contributed by atoms with Crippen LogP contribution in [-0.4, -0.2) is 55.0 Å². The van der Waals surface area contributed by atoms with Crippen LogP contribution in [0.15, 0.2) is 46.9 Å². The van der Waals surface area contributed by atoms with E-state index in [0.29, 0.717) is 5.75 Å². The molecule has 0 saturated carbocycles. The molecule has 1 fully saturated rings. The Morgan fingerprint density at radius 1 is 1.04 bits per heavy atom. The number of rotatable bonds is 4. The van der Waals surface area contributed by atoms with Crippen LogP contribution >= 0.6 is 0 Å². The number of nitrogens with zero attached hydrogens (tertiary/aromatic N) is 2. The predicted molar refractivity (Wildman–Crippen MR) is 97.9 cm³/mol. The number of benzene rings is 2. The van der Waals surface area contributed by atoms with Gasteiger partial charge in [0, 0.05) is 37.0 Å². The highest BCUT2D eigenvalue weighted by Crippen LogP contribution is 2.31. The number of likely N-dealkylation sites (N-methyl/N-ethyl adjacent to an activating group) is 1. The molecule has 2 heterocycles. The average Bonchev–Trinajstić information content (AvgIpc) is 3.04. The van der Waals surface area contributed by atoms with E-state index in [-0.39, 0.29) is 12.5 Å². The lowest BCUT2D eigenvalue weighted by Crippen LogP contribution is -2.49. The van der Waals surface area contributed by atoms with Gasteiger partial charge in [0.1, 0.15) is 16.9 Å². The van der Waals surface area contributed by atoms with Crippen molar-refractivity contribution < 1.29 is 13.9 Å². The third kappa shape index (κ3) is 3.20. The van der Waals surface area contributed by atoms with Crippen LogP contribution in [0.2, 0.25) is 0 Å². The second-order valence-electron chi connectivity index (χ2n) is 6.36. The lowest BCUT2D eigenvalue weighted by Gasteiger charge is -2.33. The normalized spacial score (nSPS) is 15.8. The molecule has 1 aromatic heterocycles. The summed E-state index contributed by atoms with van der Waals surface area (Å²) in [4.78, 5) is 16.6. The fourth-order valence-corrected chi connectivity index (χ4v) is 3.34. The minimum atomic E-state index is 0.0490. The first-order chi connectivity index (χ1) is 12.2. The molecule has 2 aromatic carbocycles. The lowest BCUT2D eigenvalue weighted by atomic mass is 10.1. The zero-order chi connectivity index (χ0) is 17.2. The van der Waals surface area contributed by atoms with Gasteiger partial charge < -0.3 is 19.0 Å². The number of hydrogen-bond acceptors (Lipinski definition) is 4.